The number of carbonyl (C=O) groups excluding carboxylic acids is 1. The number of hydrogen-bond donors (Lipinski definition) is 0. The zero-order valence-corrected chi connectivity index (χ0v) is 10.8. The quantitative estimate of drug-likeness (QED) is 0.652. The van der Waals surface area contributed by atoms with E-state index < -0.39 is 0 Å². The van der Waals surface area contributed by atoms with E-state index in [4.69, 9.17) is 0 Å². The van der Waals surface area contributed by atoms with Crippen LogP contribution in [0.4, 0.5) is 0 Å². The summed E-state index contributed by atoms with van der Waals surface area (Å²) in [5, 5.41) is 0. The van der Waals surface area contributed by atoms with Gasteiger partial charge in [0.25, 0.3) is 0 Å². The maximum atomic E-state index is 11.6. The van der Waals surface area contributed by atoms with Gasteiger partial charge in [-0.2, -0.15) is 0 Å². The van der Waals surface area contributed by atoms with Crippen LogP contribution in [0.15, 0.2) is 23.3 Å². The molecule has 0 bridgehead atoms. The fourth-order valence-electron chi connectivity index (χ4n) is 3.07. The maximum Gasteiger partial charge on any atom is 0.178 e. The van der Waals surface area contributed by atoms with E-state index in [0.29, 0.717) is 0 Å². The molecule has 1 saturated carbocycles. The third-order valence-electron chi connectivity index (χ3n) is 4.69. The fraction of sp³-hybridized carbons (Fsp3) is 0.667. The molecule has 0 aliphatic heterocycles. The van der Waals surface area contributed by atoms with E-state index in [1.165, 1.54) is 24.0 Å². The summed E-state index contributed by atoms with van der Waals surface area (Å²) in [5.41, 5.74) is 2.82. The number of ketones is 1. The SMILES string of the molecule is CC1=CC(=O)C=C2C[C@H](C(C)C)CC[C@@]12C. The van der Waals surface area contributed by atoms with Crippen LogP contribution in [0.2, 0.25) is 0 Å². The van der Waals surface area contributed by atoms with Gasteiger partial charge < -0.3 is 0 Å². The second-order valence-electron chi connectivity index (χ2n) is 5.98. The number of hydrogen-bond acceptors (Lipinski definition) is 1. The summed E-state index contributed by atoms with van der Waals surface area (Å²) >= 11 is 0. The second kappa shape index (κ2) is 3.87. The third-order valence-corrected chi connectivity index (χ3v) is 4.69. The molecule has 16 heavy (non-hydrogen) atoms. The first-order chi connectivity index (χ1) is 7.43. The molecule has 0 aromatic carbocycles. The molecule has 1 fully saturated rings. The van der Waals surface area contributed by atoms with Crippen LogP contribution in [-0.2, 0) is 4.79 Å². The molecular formula is C15H22O. The van der Waals surface area contributed by atoms with Gasteiger partial charge in [-0.05, 0) is 50.2 Å². The van der Waals surface area contributed by atoms with Crippen LogP contribution >= 0.6 is 0 Å². The van der Waals surface area contributed by atoms with Crippen LogP contribution in [0, 0.1) is 17.3 Å². The van der Waals surface area contributed by atoms with E-state index in [-0.39, 0.29) is 11.2 Å². The lowest BCUT2D eigenvalue weighted by Gasteiger charge is -2.43. The van der Waals surface area contributed by atoms with Crippen LogP contribution in [0.1, 0.15) is 47.0 Å². The van der Waals surface area contributed by atoms with Crippen molar-refractivity contribution in [2.24, 2.45) is 17.3 Å². The largest absolute Gasteiger partial charge is 0.290 e. The number of allylic oxidation sites excluding steroid dienone is 4. The van der Waals surface area contributed by atoms with E-state index in [2.05, 4.69) is 27.7 Å². The van der Waals surface area contributed by atoms with E-state index >= 15 is 0 Å². The lowest BCUT2D eigenvalue weighted by Crippen LogP contribution is -2.33. The first kappa shape index (κ1) is 11.6. The van der Waals surface area contributed by atoms with Crippen LogP contribution < -0.4 is 0 Å². The van der Waals surface area contributed by atoms with Crippen LogP contribution in [0.5, 0.6) is 0 Å². The first-order valence-electron chi connectivity index (χ1n) is 6.37. The Hall–Kier alpha value is -0.850. The van der Waals surface area contributed by atoms with Gasteiger partial charge in [-0.3, -0.25) is 4.79 Å². The van der Waals surface area contributed by atoms with Gasteiger partial charge in [-0.1, -0.05) is 31.9 Å². The highest BCUT2D eigenvalue weighted by atomic mass is 16.1. The molecule has 2 aliphatic rings. The highest BCUT2D eigenvalue weighted by molar-refractivity contribution is 6.01. The van der Waals surface area contributed by atoms with Gasteiger partial charge in [0.05, 0.1) is 0 Å². The molecular weight excluding hydrogens is 196 g/mol. The molecule has 2 atom stereocenters. The van der Waals surface area contributed by atoms with Crippen LogP contribution in [0.3, 0.4) is 0 Å². The molecule has 0 amide bonds. The Morgan fingerprint density at radius 3 is 2.69 bits per heavy atom. The van der Waals surface area contributed by atoms with Gasteiger partial charge in [0.15, 0.2) is 5.78 Å². The van der Waals surface area contributed by atoms with Crippen LogP contribution in [-0.4, -0.2) is 5.78 Å². The molecule has 0 heterocycles. The smallest absolute Gasteiger partial charge is 0.178 e. The fourth-order valence-corrected chi connectivity index (χ4v) is 3.07. The van der Waals surface area contributed by atoms with Gasteiger partial charge >= 0.3 is 0 Å². The summed E-state index contributed by atoms with van der Waals surface area (Å²) in [5.74, 6) is 1.68. The number of fused-ring (bicyclic) bond motifs is 1. The van der Waals surface area contributed by atoms with E-state index in [0.717, 1.165) is 18.3 Å². The van der Waals surface area contributed by atoms with E-state index in [1.807, 2.05) is 12.2 Å². The lowest BCUT2D eigenvalue weighted by atomic mass is 9.61. The average Bonchev–Trinajstić information content (AvgIpc) is 2.19. The summed E-state index contributed by atoms with van der Waals surface area (Å²) in [6, 6.07) is 0. The molecule has 0 aromatic rings. The Labute approximate surface area is 98.6 Å². The van der Waals surface area contributed by atoms with Gasteiger partial charge in [0.1, 0.15) is 0 Å². The van der Waals surface area contributed by atoms with Crippen molar-refractivity contribution in [3.63, 3.8) is 0 Å². The normalized spacial score (nSPS) is 34.6. The van der Waals surface area contributed by atoms with Crippen molar-refractivity contribution in [3.8, 4) is 0 Å². The minimum absolute atomic E-state index is 0.180. The standard InChI is InChI=1S/C15H22O/c1-10(2)12-5-6-15(4)11(3)7-14(16)9-13(15)8-12/h7,9-10,12H,5-6,8H2,1-4H3/t12-,15+/m1/s1. The van der Waals surface area contributed by atoms with Crippen molar-refractivity contribution < 1.29 is 4.79 Å². The molecule has 0 aromatic heterocycles. The van der Waals surface area contributed by atoms with E-state index in [9.17, 15) is 4.79 Å². The molecule has 1 heteroatoms. The minimum Gasteiger partial charge on any atom is -0.290 e. The molecule has 2 aliphatic carbocycles. The highest BCUT2D eigenvalue weighted by Crippen LogP contribution is 2.50. The van der Waals surface area contributed by atoms with Crippen molar-refractivity contribution in [2.45, 2.75) is 47.0 Å². The molecule has 0 unspecified atom stereocenters. The molecule has 0 saturated heterocycles. The topological polar surface area (TPSA) is 17.1 Å². The Balaban J connectivity index is 2.29. The van der Waals surface area contributed by atoms with Crippen molar-refractivity contribution in [3.05, 3.63) is 23.3 Å². The Morgan fingerprint density at radius 1 is 1.38 bits per heavy atom. The Kier molecular flexibility index (Phi) is 2.81. The molecule has 0 radical (unpaired) electrons. The first-order valence-corrected chi connectivity index (χ1v) is 6.37. The highest BCUT2D eigenvalue weighted by Gasteiger charge is 2.39. The van der Waals surface area contributed by atoms with Gasteiger partial charge in [0, 0.05) is 5.41 Å². The Bertz CT molecular complexity index is 373. The van der Waals surface area contributed by atoms with Gasteiger partial charge in [-0.15, -0.1) is 0 Å². The number of rotatable bonds is 1. The monoisotopic (exact) mass is 218 g/mol. The molecule has 2 rings (SSSR count). The summed E-state index contributed by atoms with van der Waals surface area (Å²) in [7, 11) is 0. The average molecular weight is 218 g/mol. The third kappa shape index (κ3) is 1.77. The van der Waals surface area contributed by atoms with Gasteiger partial charge in [0.2, 0.25) is 0 Å². The summed E-state index contributed by atoms with van der Waals surface area (Å²) in [4.78, 5) is 11.6. The summed E-state index contributed by atoms with van der Waals surface area (Å²) < 4.78 is 0. The molecule has 1 nitrogen and oxygen atoms in total. The summed E-state index contributed by atoms with van der Waals surface area (Å²) in [6.07, 6.45) is 7.33. The van der Waals surface area contributed by atoms with Crippen molar-refractivity contribution >= 4 is 5.78 Å². The lowest BCUT2D eigenvalue weighted by molar-refractivity contribution is -0.110. The molecule has 88 valence electrons. The van der Waals surface area contributed by atoms with Crippen molar-refractivity contribution in [1.82, 2.24) is 0 Å². The van der Waals surface area contributed by atoms with Crippen molar-refractivity contribution in [2.75, 3.05) is 0 Å². The van der Waals surface area contributed by atoms with Crippen LogP contribution in [0.25, 0.3) is 0 Å². The zero-order chi connectivity index (χ0) is 11.9. The predicted molar refractivity (Wildman–Crippen MR) is 67.1 cm³/mol. The van der Waals surface area contributed by atoms with Gasteiger partial charge in [-0.25, -0.2) is 0 Å². The van der Waals surface area contributed by atoms with Crippen molar-refractivity contribution in [1.29, 1.82) is 0 Å². The van der Waals surface area contributed by atoms with E-state index in [1.54, 1.807) is 0 Å². The zero-order valence-electron chi connectivity index (χ0n) is 10.8. The molecule has 0 N–H and O–H groups in total. The Morgan fingerprint density at radius 2 is 2.06 bits per heavy atom. The number of carbonyl (C=O) groups is 1. The maximum absolute atomic E-state index is 11.6. The summed E-state index contributed by atoms with van der Waals surface area (Å²) in [6.45, 7) is 9.00. The molecule has 0 spiro atoms. The second-order valence-corrected chi connectivity index (χ2v) is 5.98. The predicted octanol–water partition coefficient (Wildman–Crippen LogP) is 3.90. The minimum atomic E-state index is 0.180.